The van der Waals surface area contributed by atoms with E-state index in [0.717, 1.165) is 11.1 Å². The number of benzene rings is 1. The lowest BCUT2D eigenvalue weighted by atomic mass is 9.83. The van der Waals surface area contributed by atoms with Gasteiger partial charge in [0.25, 0.3) is 0 Å². The van der Waals surface area contributed by atoms with Crippen molar-refractivity contribution in [3.05, 3.63) is 46.5 Å². The molecule has 3 heterocycles. The molecule has 13 nitrogen and oxygen atoms in total. The van der Waals surface area contributed by atoms with Gasteiger partial charge in [0.05, 0.1) is 31.4 Å². The molecule has 3 amide bonds. The second-order valence-corrected chi connectivity index (χ2v) is 14.6. The van der Waals surface area contributed by atoms with E-state index in [2.05, 4.69) is 17.9 Å². The first-order chi connectivity index (χ1) is 24.0. The summed E-state index contributed by atoms with van der Waals surface area (Å²) in [5.41, 5.74) is -0.664. The summed E-state index contributed by atoms with van der Waals surface area (Å²) in [6.45, 7) is 7.02. The third-order valence-corrected chi connectivity index (χ3v) is 10.7. The first-order valence-corrected chi connectivity index (χ1v) is 17.9. The third kappa shape index (κ3) is 9.39. The maximum atomic E-state index is 14.1. The van der Waals surface area contributed by atoms with Gasteiger partial charge in [-0.25, -0.2) is 9.59 Å². The molecule has 3 aliphatic heterocycles. The number of alkyl carbamates (subject to hydrolysis) is 1. The van der Waals surface area contributed by atoms with Crippen LogP contribution in [0.5, 0.6) is 5.75 Å². The fraction of sp³-hybridized carbons (Fsp3) is 0.611. The lowest BCUT2D eigenvalue weighted by Gasteiger charge is -2.40. The van der Waals surface area contributed by atoms with E-state index in [0.29, 0.717) is 23.6 Å². The number of rotatable bonds is 7. The van der Waals surface area contributed by atoms with Gasteiger partial charge in [-0.1, -0.05) is 42.3 Å². The fourth-order valence-electron chi connectivity index (χ4n) is 6.63. The predicted molar refractivity (Wildman–Crippen MR) is 194 cm³/mol. The van der Waals surface area contributed by atoms with E-state index in [1.807, 2.05) is 32.1 Å². The SMILES string of the molecule is COc1cc2cc(c1Cl)N(C)C(=O)C[C@H](OC(=O)[C@H](C)N(C)C(=O)CCS)C1(C)O[C@H]1[C@H](C)[C@@H]1C[C@](O)(C[C@H](OC)/C=C/C=C(\C)C2)NC(=O)O1. The molecule has 4 rings (SSSR count). The number of amides is 3. The first-order valence-electron chi connectivity index (χ1n) is 16.9. The molecule has 0 spiro atoms. The van der Waals surface area contributed by atoms with Crippen molar-refractivity contribution in [2.45, 2.75) is 102 Å². The third-order valence-electron chi connectivity index (χ3n) is 10.0. The summed E-state index contributed by atoms with van der Waals surface area (Å²) < 4.78 is 29.1. The smallest absolute Gasteiger partial charge is 0.409 e. The number of halogens is 1. The molecule has 1 aromatic rings. The number of epoxide rings is 1. The van der Waals surface area contributed by atoms with Gasteiger partial charge in [-0.3, -0.25) is 14.9 Å². The highest BCUT2D eigenvalue weighted by Gasteiger charge is 2.64. The summed E-state index contributed by atoms with van der Waals surface area (Å²) in [7, 11) is 6.09. The number of aliphatic hydroxyl groups is 1. The van der Waals surface area contributed by atoms with E-state index in [1.165, 1.54) is 31.1 Å². The van der Waals surface area contributed by atoms with Crippen LogP contribution < -0.4 is 15.0 Å². The minimum atomic E-state index is -1.66. The standard InChI is InChI=1S/C36H50ClN3O10S/c1-20-10-9-11-24(46-7)18-36(45)19-27(48-34(44)38-36)21(2)32-35(4,50-32)28(49-33(43)22(3)39(5)29(41)12-13-51)17-30(42)40(6)25-15-23(14-20)16-26(47-8)31(25)37/h9-11,15-16,21-22,24,27-28,32,45,51H,12-14,17-19H2,1-8H3,(H,38,44)/b11-9+,20-10+/t21-,22+,24-,27+,28+,32+,35?,36-/m1/s1. The Balaban J connectivity index is 1.76. The van der Waals surface area contributed by atoms with Gasteiger partial charge < -0.3 is 38.6 Å². The Morgan fingerprint density at radius 2 is 1.96 bits per heavy atom. The van der Waals surface area contributed by atoms with Crippen molar-refractivity contribution >= 4 is 53.8 Å². The molecule has 0 aromatic heterocycles. The van der Waals surface area contributed by atoms with Crippen molar-refractivity contribution in [3.63, 3.8) is 0 Å². The van der Waals surface area contributed by atoms with Crippen molar-refractivity contribution in [3.8, 4) is 5.75 Å². The largest absolute Gasteiger partial charge is 0.495 e. The number of allylic oxidation sites excluding steroid dienone is 3. The number of hydrogen-bond donors (Lipinski definition) is 3. The molecule has 4 bridgehead atoms. The Morgan fingerprint density at radius 1 is 1.25 bits per heavy atom. The summed E-state index contributed by atoms with van der Waals surface area (Å²) >= 11 is 10.9. The average molecular weight is 752 g/mol. The van der Waals surface area contributed by atoms with Crippen molar-refractivity contribution in [2.24, 2.45) is 5.92 Å². The van der Waals surface area contributed by atoms with Crippen molar-refractivity contribution < 1.29 is 48.0 Å². The predicted octanol–water partition coefficient (Wildman–Crippen LogP) is 4.22. The van der Waals surface area contributed by atoms with Crippen LogP contribution in [0.2, 0.25) is 5.02 Å². The lowest BCUT2D eigenvalue weighted by Crippen LogP contribution is -2.59. The van der Waals surface area contributed by atoms with Crippen molar-refractivity contribution in [2.75, 3.05) is 39.0 Å². The van der Waals surface area contributed by atoms with Crippen LogP contribution in [0, 0.1) is 5.92 Å². The maximum absolute atomic E-state index is 14.1. The highest BCUT2D eigenvalue weighted by atomic mass is 35.5. The first kappa shape index (κ1) is 40.5. The van der Waals surface area contributed by atoms with Gasteiger partial charge in [0.15, 0.2) is 0 Å². The van der Waals surface area contributed by atoms with E-state index in [4.69, 9.17) is 35.3 Å². The molecular weight excluding hydrogens is 702 g/mol. The molecule has 8 atom stereocenters. The molecule has 1 unspecified atom stereocenters. The van der Waals surface area contributed by atoms with Crippen LogP contribution in [0.15, 0.2) is 35.9 Å². The molecule has 1 aromatic carbocycles. The number of methoxy groups -OCH3 is 2. The van der Waals surface area contributed by atoms with Gasteiger partial charge in [0, 0.05) is 46.4 Å². The second kappa shape index (κ2) is 16.6. The molecule has 282 valence electrons. The van der Waals surface area contributed by atoms with E-state index in [1.54, 1.807) is 33.0 Å². The monoisotopic (exact) mass is 751 g/mol. The summed E-state index contributed by atoms with van der Waals surface area (Å²) in [5, 5.41) is 14.4. The number of esters is 1. The summed E-state index contributed by atoms with van der Waals surface area (Å²) in [5.74, 6) is -1.25. The van der Waals surface area contributed by atoms with Crippen LogP contribution >= 0.6 is 24.2 Å². The molecule has 2 saturated heterocycles. The normalized spacial score (nSPS) is 32.2. The van der Waals surface area contributed by atoms with Crippen LogP contribution in [-0.2, 0) is 39.8 Å². The van der Waals surface area contributed by atoms with Gasteiger partial charge in [-0.05, 0) is 50.6 Å². The Bertz CT molecular complexity index is 1560. The lowest BCUT2D eigenvalue weighted by molar-refractivity contribution is -0.161. The van der Waals surface area contributed by atoms with E-state index < -0.39 is 65.7 Å². The average Bonchev–Trinajstić information content (AvgIpc) is 3.77. The fourth-order valence-corrected chi connectivity index (χ4v) is 7.13. The van der Waals surface area contributed by atoms with Crippen LogP contribution in [0.25, 0.3) is 0 Å². The molecule has 3 aliphatic rings. The van der Waals surface area contributed by atoms with Gasteiger partial charge in [0.2, 0.25) is 11.8 Å². The van der Waals surface area contributed by atoms with Crippen LogP contribution in [0.4, 0.5) is 10.5 Å². The van der Waals surface area contributed by atoms with E-state index in [9.17, 15) is 24.3 Å². The number of carbonyl (C=O) groups is 4. The van der Waals surface area contributed by atoms with Crippen LogP contribution in [0.3, 0.4) is 0 Å². The summed E-state index contributed by atoms with van der Waals surface area (Å²) in [6.07, 6.45) is 2.02. The van der Waals surface area contributed by atoms with Crippen molar-refractivity contribution in [1.82, 2.24) is 10.2 Å². The number of fused-ring (bicyclic) bond motifs is 5. The Hall–Kier alpha value is -3.30. The highest BCUT2D eigenvalue weighted by molar-refractivity contribution is 7.80. The molecular formula is C36H50ClN3O10S. The van der Waals surface area contributed by atoms with Gasteiger partial charge in [-0.2, -0.15) is 12.6 Å². The molecule has 2 N–H and O–H groups in total. The number of nitrogens with zero attached hydrogens (tertiary/aromatic N) is 2. The zero-order valence-corrected chi connectivity index (χ0v) is 32.1. The van der Waals surface area contributed by atoms with Crippen molar-refractivity contribution in [1.29, 1.82) is 0 Å². The van der Waals surface area contributed by atoms with Gasteiger partial charge in [0.1, 0.15) is 40.3 Å². The second-order valence-electron chi connectivity index (χ2n) is 13.8. The van der Waals surface area contributed by atoms with Crippen LogP contribution in [-0.4, -0.2) is 110 Å². The highest BCUT2D eigenvalue weighted by Crippen LogP contribution is 2.49. The van der Waals surface area contributed by atoms with E-state index in [-0.39, 0.29) is 36.6 Å². The van der Waals surface area contributed by atoms with Crippen LogP contribution in [0.1, 0.15) is 58.9 Å². The van der Waals surface area contributed by atoms with Gasteiger partial charge >= 0.3 is 12.1 Å². The number of likely N-dealkylation sites (N-methyl/N-ethyl adjacent to an activating group) is 1. The van der Waals surface area contributed by atoms with E-state index >= 15 is 0 Å². The number of ether oxygens (including phenoxy) is 5. The zero-order chi connectivity index (χ0) is 37.8. The minimum absolute atomic E-state index is 0.0224. The number of anilines is 1. The maximum Gasteiger partial charge on any atom is 0.409 e. The zero-order valence-electron chi connectivity index (χ0n) is 30.4. The minimum Gasteiger partial charge on any atom is -0.495 e. The Morgan fingerprint density at radius 3 is 2.61 bits per heavy atom. The number of nitrogens with one attached hydrogen (secondary N) is 1. The molecule has 15 heteroatoms. The topological polar surface area (TPSA) is 156 Å². The molecule has 0 radical (unpaired) electrons. The summed E-state index contributed by atoms with van der Waals surface area (Å²) in [6, 6.07) is 2.64. The number of hydrogen-bond acceptors (Lipinski definition) is 11. The molecule has 0 aliphatic carbocycles. The number of carbonyl (C=O) groups excluding carboxylic acids is 4. The number of thiol groups is 1. The molecule has 51 heavy (non-hydrogen) atoms. The molecule has 2 fully saturated rings. The Kier molecular flexibility index (Phi) is 13.2. The quantitative estimate of drug-likeness (QED) is 0.210. The van der Waals surface area contributed by atoms with Gasteiger partial charge in [-0.15, -0.1) is 0 Å². The summed E-state index contributed by atoms with van der Waals surface area (Å²) in [4.78, 5) is 55.6. The Labute approximate surface area is 310 Å². The molecule has 0 saturated carbocycles.